The minimum absolute atomic E-state index is 0.480. The second-order valence-corrected chi connectivity index (χ2v) is 7.02. The van der Waals surface area contributed by atoms with Crippen LogP contribution in [0.15, 0.2) is 42.7 Å². The van der Waals surface area contributed by atoms with Crippen molar-refractivity contribution in [2.24, 2.45) is 0 Å². The molecule has 2 heteroatoms. The summed E-state index contributed by atoms with van der Waals surface area (Å²) in [5.41, 5.74) is 1.43. The number of hydrogen-bond acceptors (Lipinski definition) is 2. The average Bonchev–Trinajstić information content (AvgIpc) is 2.95. The Bertz CT molecular complexity index is 452. The molecule has 0 fully saturated rings. The van der Waals surface area contributed by atoms with Crippen LogP contribution in [0.25, 0.3) is 0 Å². The van der Waals surface area contributed by atoms with Crippen LogP contribution in [-0.4, -0.2) is 28.6 Å². The van der Waals surface area contributed by atoms with E-state index >= 15 is 0 Å². The lowest BCUT2D eigenvalue weighted by Gasteiger charge is -2.35. The van der Waals surface area contributed by atoms with E-state index in [-0.39, 0.29) is 0 Å². The maximum absolute atomic E-state index is 2.55. The Morgan fingerprint density at radius 1 is 0.913 bits per heavy atom. The van der Waals surface area contributed by atoms with Crippen LogP contribution in [0.2, 0.25) is 0 Å². The van der Waals surface area contributed by atoms with Crippen molar-refractivity contribution < 1.29 is 0 Å². The fraction of sp³-hybridized carbons (Fsp3) is 0.619. The van der Waals surface area contributed by atoms with Gasteiger partial charge in [-0.05, 0) is 25.8 Å². The second kappa shape index (κ2) is 9.64. The first-order valence-corrected chi connectivity index (χ1v) is 9.47. The Kier molecular flexibility index (Phi) is 7.51. The van der Waals surface area contributed by atoms with Gasteiger partial charge in [0.15, 0.2) is 0 Å². The first-order valence-electron chi connectivity index (χ1n) is 9.47. The van der Waals surface area contributed by atoms with Gasteiger partial charge in [-0.3, -0.25) is 0 Å². The lowest BCUT2D eigenvalue weighted by Crippen LogP contribution is -2.43. The maximum Gasteiger partial charge on any atom is 0.105 e. The zero-order valence-electron chi connectivity index (χ0n) is 15.2. The van der Waals surface area contributed by atoms with Gasteiger partial charge >= 0.3 is 0 Å². The first-order chi connectivity index (χ1) is 11.2. The molecular formula is C21H34N2. The summed E-state index contributed by atoms with van der Waals surface area (Å²) in [6.45, 7) is 8.04. The molecular weight excluding hydrogens is 280 g/mol. The monoisotopic (exact) mass is 314 g/mol. The molecule has 1 aromatic carbocycles. The highest BCUT2D eigenvalue weighted by Crippen LogP contribution is 2.23. The van der Waals surface area contributed by atoms with Crippen LogP contribution in [0.3, 0.4) is 0 Å². The summed E-state index contributed by atoms with van der Waals surface area (Å²) in [6, 6.07) is 11.4. The van der Waals surface area contributed by atoms with Gasteiger partial charge in [-0.25, -0.2) is 0 Å². The Morgan fingerprint density at radius 3 is 2.30 bits per heavy atom. The lowest BCUT2D eigenvalue weighted by atomic mass is 10.1. The standard InChI is InChI=1S/C21H34N2/c1-4-5-6-7-8-12-15-22-16-17-23(19(2)3)21(22)18-20-13-10-9-11-14-20/h9-11,13-14,16-17,19,21H,4-8,12,15,18H2,1-3H3. The van der Waals surface area contributed by atoms with Gasteiger partial charge in [-0.2, -0.15) is 0 Å². The minimum atomic E-state index is 0.480. The normalized spacial score (nSPS) is 17.5. The Hall–Kier alpha value is -1.44. The molecule has 1 heterocycles. The molecule has 0 N–H and O–H groups in total. The SMILES string of the molecule is CCCCCCCCN1C=CN(C(C)C)C1Cc1ccccc1. The van der Waals surface area contributed by atoms with E-state index in [0.717, 1.165) is 6.42 Å². The molecule has 0 radical (unpaired) electrons. The van der Waals surface area contributed by atoms with E-state index in [4.69, 9.17) is 0 Å². The summed E-state index contributed by atoms with van der Waals surface area (Å²) in [7, 11) is 0. The van der Waals surface area contributed by atoms with Crippen molar-refractivity contribution in [3.05, 3.63) is 48.3 Å². The number of benzene rings is 1. The zero-order valence-corrected chi connectivity index (χ0v) is 15.2. The smallest absolute Gasteiger partial charge is 0.105 e. The van der Waals surface area contributed by atoms with Gasteiger partial charge in [0.25, 0.3) is 0 Å². The van der Waals surface area contributed by atoms with E-state index in [9.17, 15) is 0 Å². The van der Waals surface area contributed by atoms with Gasteiger partial charge in [0.05, 0.1) is 0 Å². The highest BCUT2D eigenvalue weighted by Gasteiger charge is 2.27. The molecule has 1 aliphatic heterocycles. The fourth-order valence-electron chi connectivity index (χ4n) is 3.39. The van der Waals surface area contributed by atoms with Crippen molar-refractivity contribution in [3.63, 3.8) is 0 Å². The Labute approximate surface area is 143 Å². The molecule has 0 bridgehead atoms. The molecule has 1 aliphatic rings. The van der Waals surface area contributed by atoms with Gasteiger partial charge in [0.1, 0.15) is 6.17 Å². The number of rotatable bonds is 10. The van der Waals surface area contributed by atoms with E-state index in [0.29, 0.717) is 12.2 Å². The third-order valence-electron chi connectivity index (χ3n) is 4.78. The molecule has 23 heavy (non-hydrogen) atoms. The second-order valence-electron chi connectivity index (χ2n) is 7.02. The lowest BCUT2D eigenvalue weighted by molar-refractivity contribution is 0.125. The topological polar surface area (TPSA) is 6.48 Å². The molecule has 1 aromatic rings. The Balaban J connectivity index is 1.85. The molecule has 0 aliphatic carbocycles. The van der Waals surface area contributed by atoms with Gasteiger partial charge in [-0.1, -0.05) is 69.4 Å². The van der Waals surface area contributed by atoms with Crippen LogP contribution in [0.4, 0.5) is 0 Å². The van der Waals surface area contributed by atoms with E-state index in [1.807, 2.05) is 0 Å². The van der Waals surface area contributed by atoms with Gasteiger partial charge in [0, 0.05) is 31.4 Å². The quantitative estimate of drug-likeness (QED) is 0.533. The van der Waals surface area contributed by atoms with Crippen molar-refractivity contribution in [2.75, 3.05) is 6.54 Å². The molecule has 0 aromatic heterocycles. The number of unbranched alkanes of at least 4 members (excludes halogenated alkanes) is 5. The largest absolute Gasteiger partial charge is 0.356 e. The number of hydrogen-bond donors (Lipinski definition) is 0. The molecule has 128 valence electrons. The summed E-state index contributed by atoms with van der Waals surface area (Å²) >= 11 is 0. The summed E-state index contributed by atoms with van der Waals surface area (Å²) in [6.07, 6.45) is 14.4. The van der Waals surface area contributed by atoms with Crippen molar-refractivity contribution in [2.45, 2.75) is 77.9 Å². The predicted molar refractivity (Wildman–Crippen MR) is 100 cm³/mol. The highest BCUT2D eigenvalue weighted by atomic mass is 15.4. The molecule has 1 atom stereocenters. The molecule has 2 nitrogen and oxygen atoms in total. The molecule has 0 saturated heterocycles. The van der Waals surface area contributed by atoms with Gasteiger partial charge in [0.2, 0.25) is 0 Å². The number of nitrogens with zero attached hydrogens (tertiary/aromatic N) is 2. The first kappa shape index (κ1) is 17.9. The summed E-state index contributed by atoms with van der Waals surface area (Å²) < 4.78 is 0. The van der Waals surface area contributed by atoms with E-state index in [1.165, 1.54) is 50.6 Å². The third-order valence-corrected chi connectivity index (χ3v) is 4.78. The van der Waals surface area contributed by atoms with Crippen LogP contribution >= 0.6 is 0 Å². The van der Waals surface area contributed by atoms with Crippen molar-refractivity contribution in [3.8, 4) is 0 Å². The molecule has 0 amide bonds. The van der Waals surface area contributed by atoms with Crippen LogP contribution in [0.5, 0.6) is 0 Å². The highest BCUT2D eigenvalue weighted by molar-refractivity contribution is 5.17. The van der Waals surface area contributed by atoms with Crippen LogP contribution in [0, 0.1) is 0 Å². The third kappa shape index (κ3) is 5.60. The van der Waals surface area contributed by atoms with Gasteiger partial charge < -0.3 is 9.80 Å². The van der Waals surface area contributed by atoms with Crippen molar-refractivity contribution in [1.82, 2.24) is 9.80 Å². The molecule has 2 rings (SSSR count). The Morgan fingerprint density at radius 2 is 1.61 bits per heavy atom. The van der Waals surface area contributed by atoms with Gasteiger partial charge in [-0.15, -0.1) is 0 Å². The zero-order chi connectivity index (χ0) is 16.5. The molecule has 1 unspecified atom stereocenters. The fourth-order valence-corrected chi connectivity index (χ4v) is 3.39. The molecule has 0 spiro atoms. The van der Waals surface area contributed by atoms with E-state index < -0.39 is 0 Å². The van der Waals surface area contributed by atoms with Crippen molar-refractivity contribution in [1.29, 1.82) is 0 Å². The van der Waals surface area contributed by atoms with Crippen LogP contribution in [-0.2, 0) is 6.42 Å². The van der Waals surface area contributed by atoms with E-state index in [2.05, 4.69) is 73.3 Å². The summed E-state index contributed by atoms with van der Waals surface area (Å²) in [5, 5.41) is 0. The minimum Gasteiger partial charge on any atom is -0.356 e. The van der Waals surface area contributed by atoms with Crippen LogP contribution in [0.1, 0.15) is 64.9 Å². The summed E-state index contributed by atoms with van der Waals surface area (Å²) in [5.74, 6) is 0. The molecule has 0 saturated carbocycles. The predicted octanol–water partition coefficient (Wildman–Crippen LogP) is 5.41. The maximum atomic E-state index is 2.55. The van der Waals surface area contributed by atoms with E-state index in [1.54, 1.807) is 0 Å². The van der Waals surface area contributed by atoms with Crippen molar-refractivity contribution >= 4 is 0 Å². The van der Waals surface area contributed by atoms with Crippen LogP contribution < -0.4 is 0 Å². The average molecular weight is 315 g/mol. The summed E-state index contributed by atoms with van der Waals surface area (Å²) in [4.78, 5) is 5.05.